The van der Waals surface area contributed by atoms with Gasteiger partial charge < -0.3 is 10.6 Å². The molecular weight excluding hydrogens is 279 g/mol. The van der Waals surface area contributed by atoms with Gasteiger partial charge in [0.1, 0.15) is 5.82 Å². The Morgan fingerprint density at radius 3 is 2.70 bits per heavy atom. The normalized spacial score (nSPS) is 21.9. The standard InChI is InChI=1S/C15H21FN2O.ClH/c1-15(7-2-8-17-10-15)11-18-14(19)9-12-3-5-13(16)6-4-12;/h3-6,17H,2,7-11H2,1H3,(H,18,19);1H. The van der Waals surface area contributed by atoms with Gasteiger partial charge in [-0.25, -0.2) is 4.39 Å². The fourth-order valence-electron chi connectivity index (χ4n) is 2.43. The third-order valence-corrected chi connectivity index (χ3v) is 3.68. The van der Waals surface area contributed by atoms with Crippen molar-refractivity contribution in [1.82, 2.24) is 10.6 Å². The molecule has 0 aliphatic carbocycles. The Hall–Kier alpha value is -1.13. The largest absolute Gasteiger partial charge is 0.355 e. The minimum atomic E-state index is -0.273. The van der Waals surface area contributed by atoms with E-state index in [1.165, 1.54) is 12.1 Å². The molecule has 2 rings (SSSR count). The van der Waals surface area contributed by atoms with Crippen molar-refractivity contribution in [2.24, 2.45) is 5.41 Å². The van der Waals surface area contributed by atoms with Gasteiger partial charge in [0.2, 0.25) is 5.91 Å². The molecule has 1 fully saturated rings. The second-order valence-electron chi connectivity index (χ2n) is 5.67. The van der Waals surface area contributed by atoms with E-state index in [0.29, 0.717) is 13.0 Å². The average molecular weight is 301 g/mol. The molecule has 0 saturated carbocycles. The Balaban J connectivity index is 0.00000200. The van der Waals surface area contributed by atoms with Gasteiger partial charge in [0.25, 0.3) is 0 Å². The SMILES string of the molecule is CC1(CNC(=O)Cc2ccc(F)cc2)CCCNC1.Cl. The van der Waals surface area contributed by atoms with Crippen molar-refractivity contribution in [1.29, 1.82) is 0 Å². The topological polar surface area (TPSA) is 41.1 Å². The lowest BCUT2D eigenvalue weighted by molar-refractivity contribution is -0.121. The first-order chi connectivity index (χ1) is 9.07. The van der Waals surface area contributed by atoms with Gasteiger partial charge in [0, 0.05) is 13.1 Å². The molecule has 1 aromatic carbocycles. The van der Waals surface area contributed by atoms with Gasteiger partial charge in [-0.05, 0) is 42.5 Å². The maximum absolute atomic E-state index is 12.8. The van der Waals surface area contributed by atoms with Crippen LogP contribution in [0, 0.1) is 11.2 Å². The monoisotopic (exact) mass is 300 g/mol. The van der Waals surface area contributed by atoms with Gasteiger partial charge in [0.15, 0.2) is 0 Å². The smallest absolute Gasteiger partial charge is 0.224 e. The van der Waals surface area contributed by atoms with Crippen LogP contribution in [-0.4, -0.2) is 25.5 Å². The summed E-state index contributed by atoms with van der Waals surface area (Å²) >= 11 is 0. The van der Waals surface area contributed by atoms with Crippen LogP contribution >= 0.6 is 12.4 Å². The van der Waals surface area contributed by atoms with Crippen LogP contribution in [0.4, 0.5) is 4.39 Å². The van der Waals surface area contributed by atoms with Gasteiger partial charge >= 0.3 is 0 Å². The molecule has 0 spiro atoms. The van der Waals surface area contributed by atoms with Crippen molar-refractivity contribution >= 4 is 18.3 Å². The molecule has 1 heterocycles. The number of amides is 1. The van der Waals surface area contributed by atoms with Gasteiger partial charge in [0.05, 0.1) is 6.42 Å². The van der Waals surface area contributed by atoms with Crippen LogP contribution in [0.15, 0.2) is 24.3 Å². The Morgan fingerprint density at radius 1 is 1.40 bits per heavy atom. The van der Waals surface area contributed by atoms with Crippen molar-refractivity contribution in [3.05, 3.63) is 35.6 Å². The van der Waals surface area contributed by atoms with Crippen LogP contribution < -0.4 is 10.6 Å². The summed E-state index contributed by atoms with van der Waals surface area (Å²) in [4.78, 5) is 11.9. The van der Waals surface area contributed by atoms with E-state index < -0.39 is 0 Å². The number of rotatable bonds is 4. The van der Waals surface area contributed by atoms with Crippen molar-refractivity contribution in [2.75, 3.05) is 19.6 Å². The summed E-state index contributed by atoms with van der Waals surface area (Å²) in [5, 5.41) is 6.35. The summed E-state index contributed by atoms with van der Waals surface area (Å²) in [6, 6.07) is 6.07. The quantitative estimate of drug-likeness (QED) is 0.896. The Labute approximate surface area is 125 Å². The Kier molecular flexibility index (Phi) is 6.43. The number of halogens is 2. The number of benzene rings is 1. The molecule has 1 amide bonds. The lowest BCUT2D eigenvalue weighted by Crippen LogP contribution is -2.45. The maximum atomic E-state index is 12.8. The molecule has 2 N–H and O–H groups in total. The second-order valence-corrected chi connectivity index (χ2v) is 5.67. The predicted octanol–water partition coefficient (Wildman–Crippen LogP) is 2.30. The van der Waals surface area contributed by atoms with Crippen molar-refractivity contribution in [3.8, 4) is 0 Å². The van der Waals surface area contributed by atoms with Crippen LogP contribution in [0.5, 0.6) is 0 Å². The zero-order chi connectivity index (χ0) is 13.7. The molecule has 3 nitrogen and oxygen atoms in total. The molecule has 112 valence electrons. The first-order valence-electron chi connectivity index (χ1n) is 6.79. The summed E-state index contributed by atoms with van der Waals surface area (Å²) in [6.45, 7) is 4.90. The third kappa shape index (κ3) is 5.10. The molecule has 1 atom stereocenters. The van der Waals surface area contributed by atoms with Crippen molar-refractivity contribution in [3.63, 3.8) is 0 Å². The zero-order valence-electron chi connectivity index (χ0n) is 11.7. The van der Waals surface area contributed by atoms with Crippen LogP contribution in [-0.2, 0) is 11.2 Å². The number of nitrogens with one attached hydrogen (secondary N) is 2. The van der Waals surface area contributed by atoms with E-state index in [-0.39, 0.29) is 29.5 Å². The van der Waals surface area contributed by atoms with E-state index >= 15 is 0 Å². The summed E-state index contributed by atoms with van der Waals surface area (Å²) in [7, 11) is 0. The van der Waals surface area contributed by atoms with Crippen LogP contribution in [0.25, 0.3) is 0 Å². The third-order valence-electron chi connectivity index (χ3n) is 3.68. The van der Waals surface area contributed by atoms with E-state index in [1.54, 1.807) is 12.1 Å². The molecular formula is C15H22ClFN2O. The highest BCUT2D eigenvalue weighted by Crippen LogP contribution is 2.24. The van der Waals surface area contributed by atoms with Crippen LogP contribution in [0.2, 0.25) is 0 Å². The highest BCUT2D eigenvalue weighted by atomic mass is 35.5. The highest BCUT2D eigenvalue weighted by Gasteiger charge is 2.26. The van der Waals surface area contributed by atoms with E-state index in [1.807, 2.05) is 0 Å². The van der Waals surface area contributed by atoms with Crippen molar-refractivity contribution < 1.29 is 9.18 Å². The van der Waals surface area contributed by atoms with E-state index in [9.17, 15) is 9.18 Å². The summed E-state index contributed by atoms with van der Waals surface area (Å²) in [6.07, 6.45) is 2.60. The first kappa shape index (κ1) is 16.9. The minimum absolute atomic E-state index is 0. The molecule has 0 aromatic heterocycles. The van der Waals surface area contributed by atoms with Gasteiger partial charge in [-0.15, -0.1) is 12.4 Å². The second kappa shape index (κ2) is 7.60. The van der Waals surface area contributed by atoms with Crippen LogP contribution in [0.3, 0.4) is 0 Å². The molecule has 1 unspecified atom stereocenters. The van der Waals surface area contributed by atoms with Crippen LogP contribution in [0.1, 0.15) is 25.3 Å². The van der Waals surface area contributed by atoms with Gasteiger partial charge in [-0.3, -0.25) is 4.79 Å². The fraction of sp³-hybridized carbons (Fsp3) is 0.533. The molecule has 5 heteroatoms. The number of carbonyl (C=O) groups excluding carboxylic acids is 1. The summed E-state index contributed by atoms with van der Waals surface area (Å²) < 4.78 is 12.8. The highest BCUT2D eigenvalue weighted by molar-refractivity contribution is 5.85. The van der Waals surface area contributed by atoms with Gasteiger partial charge in [-0.1, -0.05) is 19.1 Å². The van der Waals surface area contributed by atoms with E-state index in [0.717, 1.165) is 31.5 Å². The number of hydrogen-bond acceptors (Lipinski definition) is 2. The van der Waals surface area contributed by atoms with Gasteiger partial charge in [-0.2, -0.15) is 0 Å². The maximum Gasteiger partial charge on any atom is 0.224 e. The van der Waals surface area contributed by atoms with E-state index in [4.69, 9.17) is 0 Å². The molecule has 1 aliphatic rings. The predicted molar refractivity (Wildman–Crippen MR) is 80.6 cm³/mol. The Bertz CT molecular complexity index is 430. The molecule has 1 aliphatic heterocycles. The minimum Gasteiger partial charge on any atom is -0.355 e. The Morgan fingerprint density at radius 2 is 2.10 bits per heavy atom. The average Bonchev–Trinajstić information content (AvgIpc) is 2.40. The fourth-order valence-corrected chi connectivity index (χ4v) is 2.43. The zero-order valence-corrected chi connectivity index (χ0v) is 12.6. The summed E-state index contributed by atoms with van der Waals surface area (Å²) in [5.74, 6) is -0.275. The molecule has 0 radical (unpaired) electrons. The van der Waals surface area contributed by atoms with E-state index in [2.05, 4.69) is 17.6 Å². The molecule has 0 bridgehead atoms. The lowest BCUT2D eigenvalue weighted by atomic mass is 9.83. The lowest BCUT2D eigenvalue weighted by Gasteiger charge is -2.34. The molecule has 20 heavy (non-hydrogen) atoms. The molecule has 1 saturated heterocycles. The number of piperidine rings is 1. The van der Waals surface area contributed by atoms with Crippen molar-refractivity contribution in [2.45, 2.75) is 26.2 Å². The molecule has 1 aromatic rings. The summed E-state index contributed by atoms with van der Waals surface area (Å²) in [5.41, 5.74) is 0.988. The first-order valence-corrected chi connectivity index (χ1v) is 6.79. The number of carbonyl (C=O) groups is 1. The number of hydrogen-bond donors (Lipinski definition) is 2.